The minimum Gasteiger partial charge on any atom is -0.373 e. The average Bonchev–Trinajstić information content (AvgIpc) is 2.62. The van der Waals surface area contributed by atoms with Gasteiger partial charge in [-0.3, -0.25) is 4.79 Å². The lowest BCUT2D eigenvalue weighted by Gasteiger charge is -2.36. The molecule has 1 aliphatic heterocycles. The van der Waals surface area contributed by atoms with E-state index in [1.54, 1.807) is 6.20 Å². The molecule has 0 bridgehead atoms. The van der Waals surface area contributed by atoms with Crippen molar-refractivity contribution in [1.29, 1.82) is 0 Å². The zero-order chi connectivity index (χ0) is 15.4. The fraction of sp³-hybridized carbons (Fsp3) is 0.333. The lowest BCUT2D eigenvalue weighted by Crippen LogP contribution is -2.38. The molecule has 0 radical (unpaired) electrons. The smallest absolute Gasteiger partial charge is 0.254 e. The summed E-state index contributed by atoms with van der Waals surface area (Å²) in [6.45, 7) is 0.802. The molecule has 1 N–H and O–H groups in total. The third kappa shape index (κ3) is 2.82. The lowest BCUT2D eigenvalue weighted by molar-refractivity contribution is 0.0612. The summed E-state index contributed by atoms with van der Waals surface area (Å²) >= 11 is 0. The molecule has 1 aliphatic rings. The second kappa shape index (κ2) is 6.60. The number of hydrogen-bond acceptors (Lipinski definition) is 3. The van der Waals surface area contributed by atoms with Gasteiger partial charge in [0, 0.05) is 30.9 Å². The molecule has 0 spiro atoms. The van der Waals surface area contributed by atoms with E-state index < -0.39 is 0 Å². The number of carbonyl (C=O) groups excluding carboxylic acids is 1. The van der Waals surface area contributed by atoms with Crippen molar-refractivity contribution < 1.29 is 4.79 Å². The van der Waals surface area contributed by atoms with E-state index in [1.807, 2.05) is 48.3 Å². The number of benzene rings is 1. The van der Waals surface area contributed by atoms with Crippen molar-refractivity contribution in [3.63, 3.8) is 0 Å². The fourth-order valence-corrected chi connectivity index (χ4v) is 3.14. The predicted molar refractivity (Wildman–Crippen MR) is 87.9 cm³/mol. The van der Waals surface area contributed by atoms with Crippen LogP contribution in [-0.2, 0) is 0 Å². The summed E-state index contributed by atoms with van der Waals surface area (Å²) in [4.78, 5) is 19.3. The van der Waals surface area contributed by atoms with Gasteiger partial charge in [0.05, 0.1) is 6.04 Å². The number of rotatable bonds is 3. The van der Waals surface area contributed by atoms with Gasteiger partial charge in [-0.2, -0.15) is 0 Å². The van der Waals surface area contributed by atoms with E-state index >= 15 is 0 Å². The second-order valence-electron chi connectivity index (χ2n) is 5.57. The van der Waals surface area contributed by atoms with Crippen LogP contribution in [0.1, 0.15) is 41.2 Å². The van der Waals surface area contributed by atoms with E-state index in [2.05, 4.69) is 16.4 Å². The van der Waals surface area contributed by atoms with Gasteiger partial charge in [0.2, 0.25) is 0 Å². The summed E-state index contributed by atoms with van der Waals surface area (Å²) in [5.41, 5.74) is 1.86. The maximum Gasteiger partial charge on any atom is 0.254 e. The molecule has 3 rings (SSSR count). The van der Waals surface area contributed by atoms with Gasteiger partial charge < -0.3 is 10.2 Å². The lowest BCUT2D eigenvalue weighted by atomic mass is 9.94. The van der Waals surface area contributed by atoms with Crippen molar-refractivity contribution in [1.82, 2.24) is 9.88 Å². The second-order valence-corrected chi connectivity index (χ2v) is 5.57. The van der Waals surface area contributed by atoms with Crippen LogP contribution in [0.15, 0.2) is 48.7 Å². The molecule has 1 atom stereocenters. The Hall–Kier alpha value is -2.36. The minimum atomic E-state index is 0.0950. The van der Waals surface area contributed by atoms with Crippen molar-refractivity contribution in [2.75, 3.05) is 18.9 Å². The number of nitrogens with zero attached hydrogens (tertiary/aromatic N) is 2. The zero-order valence-electron chi connectivity index (χ0n) is 12.8. The number of amides is 1. The third-order valence-electron chi connectivity index (χ3n) is 4.22. The van der Waals surface area contributed by atoms with Crippen LogP contribution in [0.5, 0.6) is 0 Å². The first-order chi connectivity index (χ1) is 10.8. The number of piperidine rings is 1. The molecule has 0 saturated carbocycles. The molecule has 22 heavy (non-hydrogen) atoms. The summed E-state index contributed by atoms with van der Waals surface area (Å²) in [7, 11) is 1.87. The molecule has 1 fully saturated rings. The summed E-state index contributed by atoms with van der Waals surface area (Å²) in [6, 6.07) is 13.6. The van der Waals surface area contributed by atoms with Gasteiger partial charge in [-0.25, -0.2) is 4.98 Å². The van der Waals surface area contributed by atoms with E-state index in [-0.39, 0.29) is 11.9 Å². The van der Waals surface area contributed by atoms with Crippen molar-refractivity contribution in [3.05, 3.63) is 59.8 Å². The largest absolute Gasteiger partial charge is 0.373 e. The Morgan fingerprint density at radius 2 is 2.00 bits per heavy atom. The van der Waals surface area contributed by atoms with Crippen molar-refractivity contribution in [2.45, 2.75) is 25.3 Å². The molecule has 1 amide bonds. The van der Waals surface area contributed by atoms with Crippen molar-refractivity contribution in [2.24, 2.45) is 0 Å². The minimum absolute atomic E-state index is 0.0950. The maximum absolute atomic E-state index is 12.9. The molecular formula is C18H21N3O. The third-order valence-corrected chi connectivity index (χ3v) is 4.22. The maximum atomic E-state index is 12.9. The van der Waals surface area contributed by atoms with Crippen molar-refractivity contribution >= 4 is 11.7 Å². The van der Waals surface area contributed by atoms with Gasteiger partial charge in [0.25, 0.3) is 5.91 Å². The van der Waals surface area contributed by atoms with E-state index in [9.17, 15) is 4.79 Å². The molecule has 1 aromatic heterocycles. The first-order valence-corrected chi connectivity index (χ1v) is 7.80. The van der Waals surface area contributed by atoms with E-state index in [0.717, 1.165) is 42.8 Å². The molecule has 2 heterocycles. The van der Waals surface area contributed by atoms with Crippen LogP contribution < -0.4 is 5.32 Å². The number of likely N-dealkylation sites (tertiary alicyclic amines) is 1. The average molecular weight is 295 g/mol. The zero-order valence-corrected chi connectivity index (χ0v) is 12.8. The van der Waals surface area contributed by atoms with Crippen LogP contribution in [0.2, 0.25) is 0 Å². The summed E-state index contributed by atoms with van der Waals surface area (Å²) in [6.07, 6.45) is 4.96. The molecule has 0 unspecified atom stereocenters. The molecule has 114 valence electrons. The molecule has 4 heteroatoms. The van der Waals surface area contributed by atoms with Crippen LogP contribution in [0.25, 0.3) is 0 Å². The van der Waals surface area contributed by atoms with Crippen LogP contribution in [0.4, 0.5) is 5.82 Å². The van der Waals surface area contributed by atoms with E-state index in [1.165, 1.54) is 0 Å². The highest BCUT2D eigenvalue weighted by molar-refractivity contribution is 5.94. The Labute approximate surface area is 131 Å². The molecule has 1 saturated heterocycles. The molecule has 1 aromatic carbocycles. The Balaban J connectivity index is 1.93. The Morgan fingerprint density at radius 1 is 1.18 bits per heavy atom. The van der Waals surface area contributed by atoms with Crippen LogP contribution in [0.3, 0.4) is 0 Å². The number of anilines is 1. The van der Waals surface area contributed by atoms with Gasteiger partial charge in [-0.05, 0) is 37.5 Å². The van der Waals surface area contributed by atoms with Gasteiger partial charge in [0.1, 0.15) is 5.82 Å². The number of nitrogens with one attached hydrogen (secondary N) is 1. The van der Waals surface area contributed by atoms with Gasteiger partial charge in [-0.1, -0.05) is 24.3 Å². The Morgan fingerprint density at radius 3 is 2.77 bits per heavy atom. The first-order valence-electron chi connectivity index (χ1n) is 7.80. The van der Waals surface area contributed by atoms with Gasteiger partial charge in [0.15, 0.2) is 0 Å². The normalized spacial score (nSPS) is 18.0. The number of pyridine rings is 1. The molecular weight excluding hydrogens is 274 g/mol. The molecule has 4 nitrogen and oxygen atoms in total. The highest BCUT2D eigenvalue weighted by Crippen LogP contribution is 2.34. The predicted octanol–water partition coefficient (Wildman–Crippen LogP) is 3.49. The number of aromatic nitrogens is 1. The highest BCUT2D eigenvalue weighted by Gasteiger charge is 2.30. The first kappa shape index (κ1) is 14.6. The molecule has 2 aromatic rings. The van der Waals surface area contributed by atoms with Gasteiger partial charge in [-0.15, -0.1) is 0 Å². The topological polar surface area (TPSA) is 45.2 Å². The van der Waals surface area contributed by atoms with Crippen molar-refractivity contribution in [3.8, 4) is 0 Å². The molecule has 0 aliphatic carbocycles. The summed E-state index contributed by atoms with van der Waals surface area (Å²) in [5.74, 6) is 0.969. The quantitative estimate of drug-likeness (QED) is 0.942. The van der Waals surface area contributed by atoms with Crippen LogP contribution >= 0.6 is 0 Å². The van der Waals surface area contributed by atoms with E-state index in [0.29, 0.717) is 0 Å². The monoisotopic (exact) mass is 295 g/mol. The van der Waals surface area contributed by atoms with E-state index in [4.69, 9.17) is 0 Å². The van der Waals surface area contributed by atoms with Gasteiger partial charge >= 0.3 is 0 Å². The fourth-order valence-electron chi connectivity index (χ4n) is 3.14. The summed E-state index contributed by atoms with van der Waals surface area (Å²) < 4.78 is 0. The number of carbonyl (C=O) groups is 1. The highest BCUT2D eigenvalue weighted by atomic mass is 16.2. The SMILES string of the molecule is CNc1ncccc1[C@H]1CCCCN1C(=O)c1ccccc1. The summed E-state index contributed by atoms with van der Waals surface area (Å²) in [5, 5.41) is 3.14. The Kier molecular flexibility index (Phi) is 4.37. The van der Waals surface area contributed by atoms with Crippen LogP contribution in [0, 0.1) is 0 Å². The van der Waals surface area contributed by atoms with Crippen LogP contribution in [-0.4, -0.2) is 29.4 Å². The Bertz CT molecular complexity index is 642. The number of hydrogen-bond donors (Lipinski definition) is 1. The standard InChI is InChI=1S/C18H21N3O/c1-19-17-15(10-7-12-20-17)16-11-5-6-13-21(16)18(22)14-8-3-2-4-9-14/h2-4,7-10,12,16H,5-6,11,13H2,1H3,(H,19,20)/t16-/m1/s1.